The Balaban J connectivity index is 1.35. The number of anilines is 2. The molecule has 0 spiro atoms. The third-order valence-corrected chi connectivity index (χ3v) is 5.56. The average Bonchev–Trinajstić information content (AvgIpc) is 3.32. The summed E-state index contributed by atoms with van der Waals surface area (Å²) in [5, 5.41) is 6.29. The highest BCUT2D eigenvalue weighted by Gasteiger charge is 2.23. The molecule has 3 heterocycles. The quantitative estimate of drug-likeness (QED) is 0.691. The zero-order chi connectivity index (χ0) is 19.5. The van der Waals surface area contributed by atoms with Crippen molar-refractivity contribution in [3.05, 3.63) is 64.6 Å². The van der Waals surface area contributed by atoms with E-state index in [1.807, 2.05) is 31.2 Å². The maximum atomic E-state index is 12.4. The third kappa shape index (κ3) is 4.13. The first-order valence-electron chi connectivity index (χ1n) is 9.00. The Bertz CT molecular complexity index is 997. The van der Waals surface area contributed by atoms with Crippen LogP contribution in [-0.2, 0) is 17.8 Å². The SMILES string of the molecule is Cc1ccccc1NC(=O)CN1CCc2nc(NC(=O)c3ccco3)sc2C1. The molecule has 0 fully saturated rings. The molecule has 0 saturated carbocycles. The number of aromatic nitrogens is 1. The van der Waals surface area contributed by atoms with Crippen molar-refractivity contribution in [3.63, 3.8) is 0 Å². The second-order valence-electron chi connectivity index (χ2n) is 6.64. The van der Waals surface area contributed by atoms with Crippen molar-refractivity contribution in [2.45, 2.75) is 19.9 Å². The Hall–Kier alpha value is -2.97. The number of carbonyl (C=O) groups is 2. The molecule has 0 bridgehead atoms. The lowest BCUT2D eigenvalue weighted by atomic mass is 10.1. The van der Waals surface area contributed by atoms with Gasteiger partial charge in [0.1, 0.15) is 0 Å². The van der Waals surface area contributed by atoms with Crippen LogP contribution in [0.15, 0.2) is 47.1 Å². The van der Waals surface area contributed by atoms with Gasteiger partial charge in [-0.3, -0.25) is 19.8 Å². The van der Waals surface area contributed by atoms with Gasteiger partial charge >= 0.3 is 0 Å². The van der Waals surface area contributed by atoms with Crippen molar-refractivity contribution in [1.82, 2.24) is 9.88 Å². The molecular weight excluding hydrogens is 376 g/mol. The van der Waals surface area contributed by atoms with Gasteiger partial charge in [0.05, 0.1) is 18.5 Å². The van der Waals surface area contributed by atoms with Crippen molar-refractivity contribution >= 4 is 34.0 Å². The van der Waals surface area contributed by atoms with Crippen molar-refractivity contribution in [2.75, 3.05) is 23.7 Å². The van der Waals surface area contributed by atoms with E-state index in [1.165, 1.54) is 17.6 Å². The fraction of sp³-hybridized carbons (Fsp3) is 0.250. The molecule has 0 saturated heterocycles. The van der Waals surface area contributed by atoms with Gasteiger partial charge in [0.2, 0.25) is 5.91 Å². The molecular formula is C20H20N4O3S. The Kier molecular flexibility index (Phi) is 5.23. The van der Waals surface area contributed by atoms with Crippen LogP contribution in [-0.4, -0.2) is 34.8 Å². The van der Waals surface area contributed by atoms with E-state index in [2.05, 4.69) is 20.5 Å². The number of thiazole rings is 1. The summed E-state index contributed by atoms with van der Waals surface area (Å²) in [6, 6.07) is 11.0. The van der Waals surface area contributed by atoms with Gasteiger partial charge in [-0.05, 0) is 30.7 Å². The minimum absolute atomic E-state index is 0.0337. The van der Waals surface area contributed by atoms with E-state index >= 15 is 0 Å². The van der Waals surface area contributed by atoms with E-state index in [-0.39, 0.29) is 17.6 Å². The van der Waals surface area contributed by atoms with Gasteiger partial charge in [-0.25, -0.2) is 4.98 Å². The van der Waals surface area contributed by atoms with E-state index in [4.69, 9.17) is 4.42 Å². The maximum Gasteiger partial charge on any atom is 0.293 e. The minimum atomic E-state index is -0.314. The van der Waals surface area contributed by atoms with Gasteiger partial charge < -0.3 is 9.73 Å². The molecule has 28 heavy (non-hydrogen) atoms. The molecule has 0 radical (unpaired) electrons. The lowest BCUT2D eigenvalue weighted by Gasteiger charge is -2.25. The summed E-state index contributed by atoms with van der Waals surface area (Å²) < 4.78 is 5.10. The molecule has 3 aromatic rings. The fourth-order valence-electron chi connectivity index (χ4n) is 3.11. The smallest absolute Gasteiger partial charge is 0.293 e. The molecule has 8 heteroatoms. The first-order chi connectivity index (χ1) is 13.6. The van der Waals surface area contributed by atoms with Crippen LogP contribution in [0.3, 0.4) is 0 Å². The van der Waals surface area contributed by atoms with E-state index in [1.54, 1.807) is 12.1 Å². The van der Waals surface area contributed by atoms with Crippen LogP contribution in [0.5, 0.6) is 0 Å². The molecule has 0 unspecified atom stereocenters. The molecule has 4 rings (SSSR count). The number of aryl methyl sites for hydroxylation is 1. The minimum Gasteiger partial charge on any atom is -0.459 e. The van der Waals surface area contributed by atoms with Crippen molar-refractivity contribution in [1.29, 1.82) is 0 Å². The van der Waals surface area contributed by atoms with Crippen LogP contribution >= 0.6 is 11.3 Å². The summed E-state index contributed by atoms with van der Waals surface area (Å²) in [6.45, 7) is 3.69. The Morgan fingerprint density at radius 2 is 2.07 bits per heavy atom. The highest BCUT2D eigenvalue weighted by molar-refractivity contribution is 7.15. The number of nitrogens with one attached hydrogen (secondary N) is 2. The standard InChI is InChI=1S/C20H20N4O3S/c1-13-5-2-3-6-14(13)21-18(25)12-24-9-8-15-17(11-24)28-20(22-15)23-19(26)16-7-4-10-27-16/h2-7,10H,8-9,11-12H2,1H3,(H,21,25)(H,22,23,26). The van der Waals surface area contributed by atoms with Gasteiger partial charge in [-0.1, -0.05) is 18.2 Å². The van der Waals surface area contributed by atoms with Crippen LogP contribution in [0.2, 0.25) is 0 Å². The number of fused-ring (bicyclic) bond motifs is 1. The second kappa shape index (κ2) is 7.95. The van der Waals surface area contributed by atoms with Crippen molar-refractivity contribution in [3.8, 4) is 0 Å². The van der Waals surface area contributed by atoms with Gasteiger partial charge in [0.25, 0.3) is 5.91 Å². The third-order valence-electron chi connectivity index (χ3n) is 4.56. The maximum absolute atomic E-state index is 12.4. The van der Waals surface area contributed by atoms with E-state index in [0.29, 0.717) is 18.2 Å². The number of carbonyl (C=O) groups excluding carboxylic acids is 2. The number of amides is 2. The van der Waals surface area contributed by atoms with Crippen LogP contribution in [0, 0.1) is 6.92 Å². The lowest BCUT2D eigenvalue weighted by molar-refractivity contribution is -0.117. The van der Waals surface area contributed by atoms with E-state index in [0.717, 1.165) is 34.8 Å². The number of rotatable bonds is 5. The Labute approximate surface area is 166 Å². The zero-order valence-corrected chi connectivity index (χ0v) is 16.2. The number of benzene rings is 1. The normalized spacial score (nSPS) is 13.8. The highest BCUT2D eigenvalue weighted by atomic mass is 32.1. The predicted molar refractivity (Wildman–Crippen MR) is 108 cm³/mol. The zero-order valence-electron chi connectivity index (χ0n) is 15.4. The topological polar surface area (TPSA) is 87.5 Å². The Morgan fingerprint density at radius 3 is 2.86 bits per heavy atom. The summed E-state index contributed by atoms with van der Waals surface area (Å²) in [6.07, 6.45) is 2.21. The molecule has 1 aromatic carbocycles. The molecule has 144 valence electrons. The lowest BCUT2D eigenvalue weighted by Crippen LogP contribution is -2.36. The molecule has 7 nitrogen and oxygen atoms in total. The van der Waals surface area contributed by atoms with Gasteiger partial charge in [0, 0.05) is 30.1 Å². The number of nitrogens with zero attached hydrogens (tertiary/aromatic N) is 2. The predicted octanol–water partition coefficient (Wildman–Crippen LogP) is 3.29. The number of furan rings is 1. The van der Waals surface area contributed by atoms with Crippen molar-refractivity contribution in [2.24, 2.45) is 0 Å². The Morgan fingerprint density at radius 1 is 1.21 bits per heavy atom. The van der Waals surface area contributed by atoms with E-state index in [9.17, 15) is 9.59 Å². The summed E-state index contributed by atoms with van der Waals surface area (Å²) in [7, 11) is 0. The molecule has 2 N–H and O–H groups in total. The second-order valence-corrected chi connectivity index (χ2v) is 7.73. The number of hydrogen-bond donors (Lipinski definition) is 2. The summed E-state index contributed by atoms with van der Waals surface area (Å²) in [5.41, 5.74) is 2.86. The monoisotopic (exact) mass is 396 g/mol. The van der Waals surface area contributed by atoms with Crippen LogP contribution in [0.1, 0.15) is 26.7 Å². The molecule has 1 aliphatic rings. The summed E-state index contributed by atoms with van der Waals surface area (Å²) in [4.78, 5) is 32.2. The van der Waals surface area contributed by atoms with Crippen LogP contribution in [0.4, 0.5) is 10.8 Å². The van der Waals surface area contributed by atoms with E-state index < -0.39 is 0 Å². The number of para-hydroxylation sites is 1. The van der Waals surface area contributed by atoms with Crippen molar-refractivity contribution < 1.29 is 14.0 Å². The highest BCUT2D eigenvalue weighted by Crippen LogP contribution is 2.28. The first-order valence-corrected chi connectivity index (χ1v) is 9.81. The molecule has 0 aliphatic carbocycles. The largest absolute Gasteiger partial charge is 0.459 e. The van der Waals surface area contributed by atoms with Gasteiger partial charge in [-0.15, -0.1) is 11.3 Å². The van der Waals surface area contributed by atoms with Gasteiger partial charge in [-0.2, -0.15) is 0 Å². The average molecular weight is 396 g/mol. The van der Waals surface area contributed by atoms with Crippen LogP contribution < -0.4 is 10.6 Å². The molecule has 1 aliphatic heterocycles. The molecule has 2 aromatic heterocycles. The van der Waals surface area contributed by atoms with Gasteiger partial charge in [0.15, 0.2) is 10.9 Å². The molecule has 0 atom stereocenters. The number of hydrogen-bond acceptors (Lipinski definition) is 6. The first kappa shape index (κ1) is 18.4. The fourth-order valence-corrected chi connectivity index (χ4v) is 4.15. The van der Waals surface area contributed by atoms with Crippen LogP contribution in [0.25, 0.3) is 0 Å². The summed E-state index contributed by atoms with van der Waals surface area (Å²) >= 11 is 1.44. The molecule has 2 amide bonds. The summed E-state index contributed by atoms with van der Waals surface area (Å²) in [5.74, 6) is -0.0955.